The Balaban J connectivity index is 1.58. The summed E-state index contributed by atoms with van der Waals surface area (Å²) in [6.45, 7) is 2.90. The second-order valence-corrected chi connectivity index (χ2v) is 14.5. The summed E-state index contributed by atoms with van der Waals surface area (Å²) < 4.78 is 6.08. The van der Waals surface area contributed by atoms with Crippen molar-refractivity contribution in [1.82, 2.24) is 10.2 Å². The van der Waals surface area contributed by atoms with E-state index in [9.17, 15) is 39.0 Å². The fourth-order valence-corrected chi connectivity index (χ4v) is 8.43. The summed E-state index contributed by atoms with van der Waals surface area (Å²) in [5.74, 6) is -9.31. The molecule has 2 aromatic rings. The highest BCUT2D eigenvalue weighted by atomic mass is 79.9. The number of nitrogens with zero attached hydrogens (tertiary/aromatic N) is 2. The van der Waals surface area contributed by atoms with Crippen molar-refractivity contribution in [3.63, 3.8) is 0 Å². The van der Waals surface area contributed by atoms with Crippen molar-refractivity contribution in [3.05, 3.63) is 51.5 Å². The van der Waals surface area contributed by atoms with Gasteiger partial charge in [-0.05, 0) is 68.2 Å². The van der Waals surface area contributed by atoms with Gasteiger partial charge in [0.1, 0.15) is 11.5 Å². The van der Waals surface area contributed by atoms with E-state index in [1.165, 1.54) is 25.9 Å². The van der Waals surface area contributed by atoms with E-state index in [0.29, 0.717) is 11.3 Å². The molecule has 3 aliphatic carbocycles. The number of aromatic hydroxyl groups is 1. The highest BCUT2D eigenvalue weighted by Gasteiger charge is 2.76. The van der Waals surface area contributed by atoms with Crippen molar-refractivity contribution in [2.75, 3.05) is 33.1 Å². The number of likely N-dealkylation sites (N-methyl/N-ethyl adjacent to an activating group) is 1. The van der Waals surface area contributed by atoms with Crippen molar-refractivity contribution < 1.29 is 43.7 Å². The number of carbonyl (C=O) groups excluding carboxylic acids is 6. The Morgan fingerprint density at radius 1 is 1.06 bits per heavy atom. The number of aliphatic hydroxyl groups is 1. The molecule has 0 bridgehead atoms. The Morgan fingerprint density at radius 3 is 2.23 bits per heavy atom. The summed E-state index contributed by atoms with van der Waals surface area (Å²) in [5, 5.41) is 26.2. The lowest BCUT2D eigenvalue weighted by molar-refractivity contribution is -0.203. The van der Waals surface area contributed by atoms with Gasteiger partial charge in [-0.1, -0.05) is 29.8 Å². The third kappa shape index (κ3) is 5.04. The molecule has 2 aromatic carbocycles. The average molecular weight is 714 g/mol. The monoisotopic (exact) mass is 712 g/mol. The highest BCUT2D eigenvalue weighted by Crippen LogP contribution is 2.62. The first-order valence-electron chi connectivity index (χ1n) is 14.9. The van der Waals surface area contributed by atoms with Gasteiger partial charge in [-0.2, -0.15) is 0 Å². The Labute approximate surface area is 279 Å². The van der Waals surface area contributed by atoms with Crippen LogP contribution in [0.3, 0.4) is 0 Å². The van der Waals surface area contributed by atoms with Crippen LogP contribution >= 0.6 is 15.9 Å². The minimum Gasteiger partial charge on any atom is -0.507 e. The van der Waals surface area contributed by atoms with Gasteiger partial charge in [0.25, 0.3) is 0 Å². The lowest BCUT2D eigenvalue weighted by Gasteiger charge is -2.61. The van der Waals surface area contributed by atoms with Crippen molar-refractivity contribution in [1.29, 1.82) is 0 Å². The summed E-state index contributed by atoms with van der Waals surface area (Å²) in [4.78, 5) is 84.4. The number of nitrogens with one attached hydrogen (secondary N) is 1. The number of primary amides is 1. The normalized spacial score (nSPS) is 29.9. The SMILES string of the molecule is CN(C)c1cc(CNC(=O)Oc2ccc(Br)cc2)c(O)c2c1C[C@@]1(C)C[C@@]3(C)[C@H](N(C)C)C(=O)C(C(N)=O)C(=O)[C@@]3(O)C(=O)C1C2=O. The van der Waals surface area contributed by atoms with Gasteiger partial charge in [0.2, 0.25) is 5.91 Å². The second kappa shape index (κ2) is 11.5. The number of hydrogen-bond acceptors (Lipinski definition) is 11. The van der Waals surface area contributed by atoms with Crippen LogP contribution in [-0.2, 0) is 32.1 Å². The van der Waals surface area contributed by atoms with Crippen molar-refractivity contribution in [2.45, 2.75) is 44.9 Å². The highest BCUT2D eigenvalue weighted by molar-refractivity contribution is 9.10. The number of Topliss-reactive ketones (excluding diaryl/α,β-unsaturated/α-hetero) is 4. The fourth-order valence-electron chi connectivity index (χ4n) is 8.17. The topological polar surface area (TPSA) is 197 Å². The van der Waals surface area contributed by atoms with E-state index in [1.807, 2.05) is 0 Å². The number of anilines is 1. The molecule has 0 saturated heterocycles. The second-order valence-electron chi connectivity index (χ2n) is 13.6. The van der Waals surface area contributed by atoms with Gasteiger partial charge in [0.05, 0.1) is 17.5 Å². The van der Waals surface area contributed by atoms with Crippen LogP contribution < -0.4 is 20.7 Å². The maximum atomic E-state index is 14.5. The van der Waals surface area contributed by atoms with Crippen molar-refractivity contribution >= 4 is 56.8 Å². The summed E-state index contributed by atoms with van der Waals surface area (Å²) in [6, 6.07) is 6.92. The number of hydrogen-bond donors (Lipinski definition) is 4. The van der Waals surface area contributed by atoms with Crippen LogP contribution in [0.1, 0.15) is 41.8 Å². The molecule has 0 spiro atoms. The summed E-state index contributed by atoms with van der Waals surface area (Å²) in [6.07, 6.45) is -0.871. The molecule has 0 heterocycles. The quantitative estimate of drug-likeness (QED) is 0.319. The maximum absolute atomic E-state index is 14.5. The number of benzene rings is 2. The number of fused-ring (bicyclic) bond motifs is 3. The largest absolute Gasteiger partial charge is 0.507 e. The lowest BCUT2D eigenvalue weighted by Crippen LogP contribution is -2.79. The number of amides is 2. The summed E-state index contributed by atoms with van der Waals surface area (Å²) >= 11 is 3.31. The van der Waals surface area contributed by atoms with Crippen LogP contribution in [0.5, 0.6) is 11.5 Å². The minimum atomic E-state index is -2.90. The van der Waals surface area contributed by atoms with E-state index in [2.05, 4.69) is 21.2 Å². The molecule has 47 heavy (non-hydrogen) atoms. The molecule has 0 radical (unpaired) electrons. The van der Waals surface area contributed by atoms with Gasteiger partial charge in [-0.3, -0.25) is 28.9 Å². The van der Waals surface area contributed by atoms with Gasteiger partial charge in [0, 0.05) is 41.8 Å². The van der Waals surface area contributed by atoms with Crippen LogP contribution in [0.4, 0.5) is 10.5 Å². The van der Waals surface area contributed by atoms with Gasteiger partial charge in [-0.15, -0.1) is 0 Å². The van der Waals surface area contributed by atoms with Gasteiger partial charge in [0.15, 0.2) is 34.7 Å². The molecule has 5 rings (SSSR count). The Morgan fingerprint density at radius 2 is 1.68 bits per heavy atom. The lowest BCUT2D eigenvalue weighted by atomic mass is 9.42. The summed E-state index contributed by atoms with van der Waals surface area (Å²) in [5.41, 5.74) is 0.565. The fraction of sp³-hybridized carbons (Fsp3) is 0.455. The molecule has 0 aliphatic heterocycles. The standard InChI is InChI=1S/C33H37BrN4O9/c1-31-12-18-19(37(3)4)11-15(13-36-30(45)47-17-9-7-16(34)8-10-17)23(39)20(18)24(40)22(31)28(43)33(46)27(42)21(29(35)44)25(41)26(38(5)6)32(33,2)14-31/h7-11,21-22,26,39,46H,12-14H2,1-6H3,(H2,35,44)(H,36,45)/t21?,22?,26-,31+,32+,33-/m1/s1. The third-order valence-corrected chi connectivity index (χ3v) is 10.5. The molecule has 6 atom stereocenters. The van der Waals surface area contributed by atoms with E-state index < -0.39 is 75.2 Å². The molecule has 13 nitrogen and oxygen atoms in total. The predicted molar refractivity (Wildman–Crippen MR) is 172 cm³/mol. The minimum absolute atomic E-state index is 0.0678. The van der Waals surface area contributed by atoms with Crippen LogP contribution in [0.2, 0.25) is 0 Å². The molecule has 5 N–H and O–H groups in total. The maximum Gasteiger partial charge on any atom is 0.412 e. The first kappa shape index (κ1) is 34.2. The molecular formula is C33H37BrN4O9. The van der Waals surface area contributed by atoms with E-state index in [0.717, 1.165) is 4.47 Å². The van der Waals surface area contributed by atoms with Gasteiger partial charge < -0.3 is 30.9 Å². The van der Waals surface area contributed by atoms with Crippen LogP contribution in [-0.4, -0.2) is 90.1 Å². The number of ketones is 4. The van der Waals surface area contributed by atoms with Gasteiger partial charge >= 0.3 is 6.09 Å². The molecule has 250 valence electrons. The van der Waals surface area contributed by atoms with E-state index >= 15 is 0 Å². The molecule has 14 heteroatoms. The summed E-state index contributed by atoms with van der Waals surface area (Å²) in [7, 11) is 6.55. The zero-order chi connectivity index (χ0) is 35.0. The third-order valence-electron chi connectivity index (χ3n) is 9.97. The smallest absolute Gasteiger partial charge is 0.412 e. The zero-order valence-corrected chi connectivity index (χ0v) is 28.4. The number of carbonyl (C=O) groups is 6. The first-order chi connectivity index (χ1) is 21.8. The van der Waals surface area contributed by atoms with Crippen molar-refractivity contribution in [2.24, 2.45) is 28.4 Å². The van der Waals surface area contributed by atoms with Crippen LogP contribution in [0.25, 0.3) is 0 Å². The van der Waals surface area contributed by atoms with Crippen LogP contribution in [0, 0.1) is 22.7 Å². The molecule has 2 amide bonds. The molecular weight excluding hydrogens is 676 g/mol. The Bertz CT molecular complexity index is 1740. The number of ether oxygens (including phenoxy) is 1. The Hall–Kier alpha value is -4.14. The number of nitrogens with two attached hydrogens (primary N) is 1. The van der Waals surface area contributed by atoms with Crippen molar-refractivity contribution in [3.8, 4) is 11.5 Å². The zero-order valence-electron chi connectivity index (χ0n) is 26.8. The predicted octanol–water partition coefficient (Wildman–Crippen LogP) is 1.76. The molecule has 2 unspecified atom stereocenters. The van der Waals surface area contributed by atoms with Crippen LogP contribution in [0.15, 0.2) is 34.8 Å². The molecule has 2 saturated carbocycles. The Kier molecular flexibility index (Phi) is 8.39. The van der Waals surface area contributed by atoms with E-state index in [4.69, 9.17) is 10.5 Å². The average Bonchev–Trinajstić information content (AvgIpc) is 2.95. The molecule has 0 aromatic heterocycles. The molecule has 3 aliphatic rings. The molecule has 2 fully saturated rings. The number of phenols is 1. The first-order valence-corrected chi connectivity index (χ1v) is 15.7. The number of phenolic OH excluding ortho intramolecular Hbond substituents is 1. The number of halogens is 1. The van der Waals surface area contributed by atoms with E-state index in [1.54, 1.807) is 56.3 Å². The van der Waals surface area contributed by atoms with Gasteiger partial charge in [-0.25, -0.2) is 4.79 Å². The van der Waals surface area contributed by atoms with E-state index in [-0.39, 0.29) is 36.3 Å². The number of rotatable bonds is 6.